The zero-order valence-electron chi connectivity index (χ0n) is 9.11. The molecule has 0 amide bonds. The van der Waals surface area contributed by atoms with Gasteiger partial charge in [0.15, 0.2) is 0 Å². The Morgan fingerprint density at radius 3 is 2.29 bits per heavy atom. The molecule has 2 unspecified atom stereocenters. The molecule has 9 heteroatoms. The fraction of sp³-hybridized carbons (Fsp3) is 0.625. The van der Waals surface area contributed by atoms with Gasteiger partial charge in [0, 0.05) is 0 Å². The van der Waals surface area contributed by atoms with E-state index in [2.05, 4.69) is 9.97 Å². The molecule has 0 aromatic carbocycles. The molecule has 9 nitrogen and oxygen atoms in total. The number of aliphatic hydroxyl groups is 3. The summed E-state index contributed by atoms with van der Waals surface area (Å²) in [6.45, 7) is 0.458. The Kier molecular flexibility index (Phi) is 6.98. The van der Waals surface area contributed by atoms with Crippen molar-refractivity contribution in [2.45, 2.75) is 19.1 Å². The second-order valence-corrected chi connectivity index (χ2v) is 3.09. The number of aromatic nitrogens is 2. The van der Waals surface area contributed by atoms with Gasteiger partial charge in [0.25, 0.3) is 0 Å². The van der Waals surface area contributed by atoms with Crippen LogP contribution in [0.2, 0.25) is 0 Å². The molecular formula is C8H14N3O6. The number of imidazole rings is 1. The second kappa shape index (κ2) is 7.68. The van der Waals surface area contributed by atoms with E-state index in [0.717, 1.165) is 0 Å². The molecule has 1 rings (SSSR count). The van der Waals surface area contributed by atoms with Crippen molar-refractivity contribution >= 4 is 5.95 Å². The Morgan fingerprint density at radius 1 is 1.53 bits per heavy atom. The molecule has 2 atom stereocenters. The summed E-state index contributed by atoms with van der Waals surface area (Å²) in [4.78, 5) is 15.3. The molecule has 0 saturated heterocycles. The second-order valence-electron chi connectivity index (χ2n) is 3.09. The fourth-order valence-electron chi connectivity index (χ4n) is 0.733. The predicted molar refractivity (Wildman–Crippen MR) is 54.6 cm³/mol. The van der Waals surface area contributed by atoms with Crippen LogP contribution < -0.4 is 0 Å². The van der Waals surface area contributed by atoms with E-state index in [-0.39, 0.29) is 5.95 Å². The average Bonchev–Trinajstić information content (AvgIpc) is 2.74. The molecule has 0 saturated carbocycles. The Labute approximate surface area is 96.5 Å². The van der Waals surface area contributed by atoms with Gasteiger partial charge in [-0.3, -0.25) is 0 Å². The van der Waals surface area contributed by atoms with E-state index in [4.69, 9.17) is 15.3 Å². The van der Waals surface area contributed by atoms with Gasteiger partial charge >= 0.3 is 5.95 Å². The first-order valence-corrected chi connectivity index (χ1v) is 4.64. The molecule has 1 aromatic heterocycles. The molecule has 1 heterocycles. The van der Waals surface area contributed by atoms with Crippen LogP contribution in [-0.2, 0) is 5.11 Å². The van der Waals surface area contributed by atoms with Gasteiger partial charge in [-0.2, -0.15) is 0 Å². The largest absolute Gasteiger partial charge is 0.432 e. The lowest BCUT2D eigenvalue weighted by molar-refractivity contribution is -0.393. The van der Waals surface area contributed by atoms with Crippen molar-refractivity contribution in [3.63, 3.8) is 0 Å². The van der Waals surface area contributed by atoms with Crippen molar-refractivity contribution in [3.05, 3.63) is 22.0 Å². The molecule has 0 aliphatic rings. The number of nitrogens with zero attached hydrogens (tertiary/aromatic N) is 2. The number of aryl methyl sites for hydroxylation is 1. The summed E-state index contributed by atoms with van der Waals surface area (Å²) in [5.74, 6) is -0.201. The van der Waals surface area contributed by atoms with Crippen LogP contribution in [0.4, 0.5) is 5.95 Å². The van der Waals surface area contributed by atoms with Gasteiger partial charge < -0.3 is 25.4 Å². The molecule has 0 spiro atoms. The summed E-state index contributed by atoms with van der Waals surface area (Å²) in [6.07, 6.45) is -1.32. The molecule has 0 fully saturated rings. The number of nitrogens with one attached hydrogen (secondary N) is 1. The average molecular weight is 248 g/mol. The van der Waals surface area contributed by atoms with Crippen LogP contribution >= 0.6 is 0 Å². The minimum atomic E-state index is -1.47. The van der Waals surface area contributed by atoms with Gasteiger partial charge in [0.1, 0.15) is 24.1 Å². The monoisotopic (exact) mass is 248 g/mol. The smallest absolute Gasteiger partial charge is 0.394 e. The molecule has 0 bridgehead atoms. The minimum absolute atomic E-state index is 0.201. The highest BCUT2D eigenvalue weighted by atomic mass is 16.6. The zero-order valence-corrected chi connectivity index (χ0v) is 9.11. The van der Waals surface area contributed by atoms with E-state index in [0.29, 0.717) is 5.69 Å². The molecule has 4 N–H and O–H groups in total. The molecule has 1 aromatic rings. The maximum Gasteiger partial charge on any atom is 0.432 e. The van der Waals surface area contributed by atoms with Crippen LogP contribution in [0.15, 0.2) is 6.20 Å². The Balaban J connectivity index is 0.000000304. The van der Waals surface area contributed by atoms with E-state index in [9.17, 15) is 15.2 Å². The van der Waals surface area contributed by atoms with Crippen molar-refractivity contribution < 1.29 is 25.3 Å². The van der Waals surface area contributed by atoms with E-state index < -0.39 is 30.3 Å². The molecule has 1 radical (unpaired) electrons. The minimum Gasteiger partial charge on any atom is -0.394 e. The highest BCUT2D eigenvalue weighted by Crippen LogP contribution is 2.01. The van der Waals surface area contributed by atoms with E-state index in [1.54, 1.807) is 6.92 Å². The van der Waals surface area contributed by atoms with Crippen LogP contribution in [0.1, 0.15) is 5.69 Å². The van der Waals surface area contributed by atoms with Crippen molar-refractivity contribution in [2.75, 3.05) is 13.2 Å². The Morgan fingerprint density at radius 2 is 2.12 bits per heavy atom. The third-order valence-electron chi connectivity index (χ3n) is 1.66. The van der Waals surface area contributed by atoms with Crippen molar-refractivity contribution in [1.82, 2.24) is 9.97 Å². The van der Waals surface area contributed by atoms with Crippen LogP contribution in [0.3, 0.4) is 0 Å². The summed E-state index contributed by atoms with van der Waals surface area (Å²) in [5, 5.41) is 44.6. The van der Waals surface area contributed by atoms with E-state index in [1.807, 2.05) is 0 Å². The zero-order chi connectivity index (χ0) is 13.4. The number of hydrogen-bond donors (Lipinski definition) is 4. The predicted octanol–water partition coefficient (Wildman–Crippen LogP) is -1.24. The molecule has 0 aliphatic heterocycles. The molecule has 0 aliphatic carbocycles. The summed E-state index contributed by atoms with van der Waals surface area (Å²) in [7, 11) is 0. The number of rotatable bonds is 4. The summed E-state index contributed by atoms with van der Waals surface area (Å²) in [5.41, 5.74) is 0.627. The van der Waals surface area contributed by atoms with E-state index in [1.165, 1.54) is 6.20 Å². The van der Waals surface area contributed by atoms with Gasteiger partial charge in [-0.25, -0.2) is 10.1 Å². The first kappa shape index (κ1) is 15.4. The Hall–Kier alpha value is -1.55. The number of nitro groups is 1. The Bertz CT molecular complexity index is 334. The van der Waals surface area contributed by atoms with Crippen LogP contribution in [0.25, 0.3) is 0 Å². The molecule has 17 heavy (non-hydrogen) atoms. The van der Waals surface area contributed by atoms with E-state index >= 15 is 0 Å². The number of aliphatic hydroxyl groups excluding tert-OH is 3. The maximum absolute atomic E-state index is 10.2. The third kappa shape index (κ3) is 5.92. The van der Waals surface area contributed by atoms with Crippen LogP contribution in [0.5, 0.6) is 0 Å². The van der Waals surface area contributed by atoms with Crippen LogP contribution in [-0.4, -0.2) is 55.6 Å². The summed E-state index contributed by atoms with van der Waals surface area (Å²) < 4.78 is 0. The maximum atomic E-state index is 10.2. The molecule has 97 valence electrons. The quantitative estimate of drug-likeness (QED) is 0.386. The summed E-state index contributed by atoms with van der Waals surface area (Å²) in [6, 6.07) is 0. The highest BCUT2D eigenvalue weighted by Gasteiger charge is 2.14. The summed E-state index contributed by atoms with van der Waals surface area (Å²) >= 11 is 0. The van der Waals surface area contributed by atoms with Crippen LogP contribution in [0, 0.1) is 17.0 Å². The van der Waals surface area contributed by atoms with Gasteiger partial charge in [-0.05, 0) is 11.8 Å². The topological polar surface area (TPSA) is 152 Å². The number of hydrogen-bond acceptors (Lipinski definition) is 6. The SMILES string of the molecule is Cc1c[nH]c([N+](=O)[O-])n1.[O]C(CO)C(O)CO. The van der Waals surface area contributed by atoms with Crippen molar-refractivity contribution in [3.8, 4) is 0 Å². The normalized spacial score (nSPS) is 13.5. The van der Waals surface area contributed by atoms with Gasteiger partial charge in [0.05, 0.1) is 13.2 Å². The first-order valence-electron chi connectivity index (χ1n) is 4.64. The highest BCUT2D eigenvalue weighted by molar-refractivity contribution is 5.08. The molecular weight excluding hydrogens is 234 g/mol. The first-order chi connectivity index (χ1) is 7.92. The van der Waals surface area contributed by atoms with Crippen molar-refractivity contribution in [1.29, 1.82) is 0 Å². The lowest BCUT2D eigenvalue weighted by Crippen LogP contribution is -2.30. The van der Waals surface area contributed by atoms with Gasteiger partial charge in [-0.1, -0.05) is 4.98 Å². The number of aromatic amines is 1. The van der Waals surface area contributed by atoms with Gasteiger partial charge in [0.2, 0.25) is 0 Å². The number of H-pyrrole nitrogens is 1. The lowest BCUT2D eigenvalue weighted by Gasteiger charge is -2.08. The van der Waals surface area contributed by atoms with Crippen molar-refractivity contribution in [2.24, 2.45) is 0 Å². The fourth-order valence-corrected chi connectivity index (χ4v) is 0.733. The lowest BCUT2D eigenvalue weighted by atomic mass is 10.2. The van der Waals surface area contributed by atoms with Gasteiger partial charge in [-0.15, -0.1) is 0 Å². The third-order valence-corrected chi connectivity index (χ3v) is 1.66. The standard InChI is InChI=1S/C4H5N3O2.C4H9O4/c1-3-2-5-4(6-3)7(8)9;5-1-3(7)4(8)2-6/h2H,1H3,(H,5,6);3-7H,1-2H2.